The number of rotatable bonds is 2. The average molecular weight is 304 g/mol. The fourth-order valence-corrected chi connectivity index (χ4v) is 5.34. The third kappa shape index (κ3) is 2.02. The van der Waals surface area contributed by atoms with Crippen molar-refractivity contribution in [3.63, 3.8) is 0 Å². The van der Waals surface area contributed by atoms with Gasteiger partial charge in [0.15, 0.2) is 0 Å². The highest BCUT2D eigenvalue weighted by molar-refractivity contribution is 6.07. The minimum absolute atomic E-state index is 0.0183. The Kier molecular flexibility index (Phi) is 3.46. The summed E-state index contributed by atoms with van der Waals surface area (Å²) in [5.74, 6) is 1.48. The van der Waals surface area contributed by atoms with Crippen LogP contribution in [0.4, 0.5) is 4.79 Å². The highest BCUT2D eigenvalue weighted by Crippen LogP contribution is 2.51. The van der Waals surface area contributed by atoms with E-state index in [0.29, 0.717) is 5.92 Å². The molecular weight excluding hydrogens is 276 g/mol. The number of carbonyl (C=O) groups is 2. The Hall–Kier alpha value is -1.06. The van der Waals surface area contributed by atoms with Crippen LogP contribution >= 0.6 is 0 Å². The zero-order chi connectivity index (χ0) is 15.3. The SMILES string of the molecule is CN1C(=O)N(C2CC2C2CCCCC2)C(=O)C12CCCCC2. The molecule has 22 heavy (non-hydrogen) atoms. The molecule has 0 N–H and O–H groups in total. The smallest absolute Gasteiger partial charge is 0.313 e. The summed E-state index contributed by atoms with van der Waals surface area (Å²) < 4.78 is 0. The monoisotopic (exact) mass is 304 g/mol. The molecule has 2 unspecified atom stereocenters. The van der Waals surface area contributed by atoms with Gasteiger partial charge in [0.2, 0.25) is 0 Å². The fraction of sp³-hybridized carbons (Fsp3) is 0.889. The average Bonchev–Trinajstić information content (AvgIpc) is 3.32. The zero-order valence-electron chi connectivity index (χ0n) is 13.7. The van der Waals surface area contributed by atoms with E-state index in [2.05, 4.69) is 0 Å². The van der Waals surface area contributed by atoms with Crippen LogP contribution < -0.4 is 0 Å². The lowest BCUT2D eigenvalue weighted by Crippen LogP contribution is -2.49. The molecule has 0 aromatic rings. The fourth-order valence-electron chi connectivity index (χ4n) is 5.34. The number of hydrogen-bond acceptors (Lipinski definition) is 2. The normalized spacial score (nSPS) is 35.5. The van der Waals surface area contributed by atoms with Crippen LogP contribution in [0.5, 0.6) is 0 Å². The van der Waals surface area contributed by atoms with Crippen molar-refractivity contribution in [3.05, 3.63) is 0 Å². The molecule has 3 amide bonds. The number of hydrogen-bond donors (Lipinski definition) is 0. The number of likely N-dealkylation sites (N-methyl/N-ethyl adjacent to an activating group) is 1. The van der Waals surface area contributed by atoms with Gasteiger partial charge < -0.3 is 4.90 Å². The van der Waals surface area contributed by atoms with Gasteiger partial charge in [-0.2, -0.15) is 0 Å². The van der Waals surface area contributed by atoms with E-state index in [1.807, 2.05) is 7.05 Å². The van der Waals surface area contributed by atoms with Gasteiger partial charge >= 0.3 is 6.03 Å². The largest absolute Gasteiger partial charge is 0.327 e. The Labute approximate surface area is 133 Å². The van der Waals surface area contributed by atoms with Crippen LogP contribution in [0.2, 0.25) is 0 Å². The maximum atomic E-state index is 13.1. The van der Waals surface area contributed by atoms with Gasteiger partial charge in [-0.3, -0.25) is 9.69 Å². The van der Waals surface area contributed by atoms with Crippen LogP contribution in [0.3, 0.4) is 0 Å². The van der Waals surface area contributed by atoms with Crippen LogP contribution in [0, 0.1) is 11.8 Å². The number of imide groups is 1. The summed E-state index contributed by atoms with van der Waals surface area (Å²) in [6, 6.07) is 0.196. The molecule has 4 nitrogen and oxygen atoms in total. The Balaban J connectivity index is 1.51. The van der Waals surface area contributed by atoms with Crippen molar-refractivity contribution < 1.29 is 9.59 Å². The maximum absolute atomic E-state index is 13.1. The summed E-state index contributed by atoms with van der Waals surface area (Å²) in [6.45, 7) is 0. The van der Waals surface area contributed by atoms with E-state index < -0.39 is 5.54 Å². The van der Waals surface area contributed by atoms with Crippen LogP contribution in [0.15, 0.2) is 0 Å². The molecule has 0 aromatic carbocycles. The first-order valence-electron chi connectivity index (χ1n) is 9.26. The van der Waals surface area contributed by atoms with Crippen molar-refractivity contribution >= 4 is 11.9 Å². The molecular formula is C18H28N2O2. The second-order valence-electron chi connectivity index (χ2n) is 7.97. The van der Waals surface area contributed by atoms with E-state index in [-0.39, 0.29) is 18.0 Å². The predicted octanol–water partition coefficient (Wildman–Crippen LogP) is 3.55. The molecule has 4 heteroatoms. The summed E-state index contributed by atoms with van der Waals surface area (Å²) in [4.78, 5) is 29.3. The first-order valence-corrected chi connectivity index (χ1v) is 9.26. The number of amides is 3. The first-order chi connectivity index (χ1) is 10.6. The molecule has 4 fully saturated rings. The molecule has 1 spiro atoms. The number of nitrogens with zero attached hydrogens (tertiary/aromatic N) is 2. The Morgan fingerprint density at radius 3 is 2.27 bits per heavy atom. The van der Waals surface area contributed by atoms with Gasteiger partial charge in [0.25, 0.3) is 5.91 Å². The lowest BCUT2D eigenvalue weighted by Gasteiger charge is -2.35. The highest BCUT2D eigenvalue weighted by atomic mass is 16.2. The van der Waals surface area contributed by atoms with Gasteiger partial charge in [-0.05, 0) is 31.1 Å². The van der Waals surface area contributed by atoms with Gasteiger partial charge in [0.05, 0.1) is 0 Å². The molecule has 0 radical (unpaired) electrons. The molecule has 4 rings (SSSR count). The van der Waals surface area contributed by atoms with Crippen LogP contribution in [0.25, 0.3) is 0 Å². The maximum Gasteiger partial charge on any atom is 0.327 e. The molecule has 0 aromatic heterocycles. The Bertz CT molecular complexity index is 477. The molecule has 0 bridgehead atoms. The third-order valence-electron chi connectivity index (χ3n) is 6.82. The minimum atomic E-state index is -0.491. The zero-order valence-corrected chi connectivity index (χ0v) is 13.7. The van der Waals surface area contributed by atoms with Gasteiger partial charge in [0, 0.05) is 13.1 Å². The summed E-state index contributed by atoms with van der Waals surface area (Å²) in [7, 11) is 1.85. The lowest BCUT2D eigenvalue weighted by molar-refractivity contribution is -0.135. The standard InChI is InChI=1S/C18H28N2O2/c1-19-17(22)20(16(21)18(19)10-6-3-7-11-18)15-12-14(15)13-8-4-2-5-9-13/h13-15H,2-12H2,1H3. The van der Waals surface area contributed by atoms with E-state index in [9.17, 15) is 9.59 Å². The lowest BCUT2D eigenvalue weighted by atomic mass is 9.80. The second-order valence-corrected chi connectivity index (χ2v) is 7.97. The Morgan fingerprint density at radius 2 is 1.59 bits per heavy atom. The summed E-state index contributed by atoms with van der Waals surface area (Å²) in [5, 5.41) is 0. The van der Waals surface area contributed by atoms with Gasteiger partial charge in [0.1, 0.15) is 5.54 Å². The molecule has 2 atom stereocenters. The molecule has 122 valence electrons. The van der Waals surface area contributed by atoms with Gasteiger partial charge in [-0.1, -0.05) is 51.4 Å². The minimum Gasteiger partial charge on any atom is -0.313 e. The van der Waals surface area contributed by atoms with Crippen molar-refractivity contribution in [1.29, 1.82) is 0 Å². The van der Waals surface area contributed by atoms with Crippen molar-refractivity contribution in [3.8, 4) is 0 Å². The van der Waals surface area contributed by atoms with Crippen molar-refractivity contribution in [2.75, 3.05) is 7.05 Å². The van der Waals surface area contributed by atoms with Crippen LogP contribution in [-0.4, -0.2) is 40.4 Å². The van der Waals surface area contributed by atoms with Crippen molar-refractivity contribution in [1.82, 2.24) is 9.80 Å². The second kappa shape index (κ2) is 5.24. The van der Waals surface area contributed by atoms with Crippen molar-refractivity contribution in [2.45, 2.75) is 82.2 Å². The molecule has 1 heterocycles. The van der Waals surface area contributed by atoms with Gasteiger partial charge in [-0.15, -0.1) is 0 Å². The molecule has 1 aliphatic heterocycles. The van der Waals surface area contributed by atoms with E-state index in [4.69, 9.17) is 0 Å². The third-order valence-corrected chi connectivity index (χ3v) is 6.82. The predicted molar refractivity (Wildman–Crippen MR) is 84.3 cm³/mol. The van der Waals surface area contributed by atoms with E-state index in [0.717, 1.165) is 38.0 Å². The molecule has 4 aliphatic rings. The topological polar surface area (TPSA) is 40.6 Å². The number of carbonyl (C=O) groups excluding carboxylic acids is 2. The molecule has 3 saturated carbocycles. The highest BCUT2D eigenvalue weighted by Gasteiger charge is 2.61. The molecule has 1 saturated heterocycles. The molecule has 3 aliphatic carbocycles. The quantitative estimate of drug-likeness (QED) is 0.732. The van der Waals surface area contributed by atoms with Crippen molar-refractivity contribution in [2.24, 2.45) is 11.8 Å². The van der Waals surface area contributed by atoms with Crippen LogP contribution in [-0.2, 0) is 4.79 Å². The summed E-state index contributed by atoms with van der Waals surface area (Å²) >= 11 is 0. The number of urea groups is 1. The Morgan fingerprint density at radius 1 is 0.955 bits per heavy atom. The van der Waals surface area contributed by atoms with E-state index in [1.165, 1.54) is 38.5 Å². The van der Waals surface area contributed by atoms with E-state index >= 15 is 0 Å². The first kappa shape index (κ1) is 14.5. The van der Waals surface area contributed by atoms with Gasteiger partial charge in [-0.25, -0.2) is 4.79 Å². The van der Waals surface area contributed by atoms with Crippen LogP contribution in [0.1, 0.15) is 70.6 Å². The summed E-state index contributed by atoms with van der Waals surface area (Å²) in [6.07, 6.45) is 12.8. The summed E-state index contributed by atoms with van der Waals surface area (Å²) in [5.41, 5.74) is -0.491. The van der Waals surface area contributed by atoms with E-state index in [1.54, 1.807) is 9.80 Å².